The van der Waals surface area contributed by atoms with E-state index in [2.05, 4.69) is 20.6 Å². The van der Waals surface area contributed by atoms with Gasteiger partial charge in [0, 0.05) is 14.1 Å². The second-order valence-electron chi connectivity index (χ2n) is 2.79. The Bertz CT molecular complexity index is 380. The molecule has 0 fully saturated rings. The van der Waals surface area contributed by atoms with E-state index in [0.29, 0.717) is 0 Å². The maximum atomic E-state index is 4.24. The molecule has 0 saturated carbocycles. The van der Waals surface area contributed by atoms with Crippen molar-refractivity contribution in [3.8, 4) is 0 Å². The Hall–Kier alpha value is -1.71. The maximum absolute atomic E-state index is 4.24. The number of fused-ring (bicyclic) bond motifs is 1. The molecule has 1 heterocycles. The minimum atomic E-state index is 0.967. The predicted molar refractivity (Wildman–Crippen MR) is 55.2 cm³/mol. The first-order valence-electron chi connectivity index (χ1n) is 4.18. The van der Waals surface area contributed by atoms with E-state index < -0.39 is 0 Å². The lowest BCUT2D eigenvalue weighted by atomic mass is 10.2. The minimum absolute atomic E-state index is 0.967. The first-order chi connectivity index (χ1) is 6.36. The fourth-order valence-electron chi connectivity index (χ4n) is 1.44. The van der Waals surface area contributed by atoms with Crippen LogP contribution in [0.5, 0.6) is 0 Å². The minimum Gasteiger partial charge on any atom is -0.386 e. The van der Waals surface area contributed by atoms with Gasteiger partial charge in [-0.3, -0.25) is 0 Å². The summed E-state index contributed by atoms with van der Waals surface area (Å²) < 4.78 is 0. The third kappa shape index (κ3) is 1.11. The first kappa shape index (κ1) is 7.91. The molecule has 0 bridgehead atoms. The highest BCUT2D eigenvalue weighted by molar-refractivity contribution is 5.96. The quantitative estimate of drug-likeness (QED) is 0.652. The van der Waals surface area contributed by atoms with Crippen molar-refractivity contribution in [3.63, 3.8) is 0 Å². The van der Waals surface area contributed by atoms with Crippen molar-refractivity contribution in [1.29, 1.82) is 0 Å². The summed E-state index contributed by atoms with van der Waals surface area (Å²) in [7, 11) is 3.79. The van der Waals surface area contributed by atoms with Gasteiger partial charge in [0.25, 0.3) is 0 Å². The van der Waals surface area contributed by atoms with Crippen LogP contribution in [0.1, 0.15) is 0 Å². The summed E-state index contributed by atoms with van der Waals surface area (Å²) >= 11 is 0. The van der Waals surface area contributed by atoms with Gasteiger partial charge in [-0.2, -0.15) is 0 Å². The third-order valence-corrected chi connectivity index (χ3v) is 2.12. The summed E-state index contributed by atoms with van der Waals surface area (Å²) in [5.41, 5.74) is 4.10. The van der Waals surface area contributed by atoms with E-state index in [0.717, 1.165) is 22.4 Å². The molecule has 2 rings (SSSR count). The molecule has 0 amide bonds. The molecule has 0 spiro atoms. The van der Waals surface area contributed by atoms with E-state index >= 15 is 0 Å². The van der Waals surface area contributed by atoms with Crippen LogP contribution in [0.2, 0.25) is 0 Å². The summed E-state index contributed by atoms with van der Waals surface area (Å²) in [6, 6.07) is 4.03. The van der Waals surface area contributed by atoms with Gasteiger partial charge in [-0.05, 0) is 12.1 Å². The van der Waals surface area contributed by atoms with E-state index in [4.69, 9.17) is 0 Å². The second kappa shape index (κ2) is 2.97. The van der Waals surface area contributed by atoms with Crippen molar-refractivity contribution in [3.05, 3.63) is 18.5 Å². The molecule has 1 aromatic carbocycles. The van der Waals surface area contributed by atoms with Gasteiger partial charge in [0.05, 0.1) is 23.2 Å². The van der Waals surface area contributed by atoms with Gasteiger partial charge in [-0.25, -0.2) is 4.98 Å². The van der Waals surface area contributed by atoms with Crippen molar-refractivity contribution in [2.24, 2.45) is 0 Å². The number of hydrogen-bond acceptors (Lipinski definition) is 3. The Morgan fingerprint density at radius 3 is 2.54 bits per heavy atom. The number of imidazole rings is 1. The summed E-state index contributed by atoms with van der Waals surface area (Å²) in [5, 5.41) is 6.21. The lowest BCUT2D eigenvalue weighted by Crippen LogP contribution is -1.93. The van der Waals surface area contributed by atoms with Gasteiger partial charge in [-0.1, -0.05) is 0 Å². The zero-order chi connectivity index (χ0) is 9.26. The third-order valence-electron chi connectivity index (χ3n) is 2.12. The van der Waals surface area contributed by atoms with E-state index in [1.165, 1.54) is 0 Å². The normalized spacial score (nSPS) is 10.3. The molecule has 0 saturated heterocycles. The van der Waals surface area contributed by atoms with Crippen LogP contribution < -0.4 is 10.6 Å². The number of H-pyrrole nitrogens is 1. The van der Waals surface area contributed by atoms with Crippen molar-refractivity contribution in [1.82, 2.24) is 9.97 Å². The SMILES string of the molecule is CNc1ccc(NC)c2[nH]cnc12. The summed E-state index contributed by atoms with van der Waals surface area (Å²) in [5.74, 6) is 0. The van der Waals surface area contributed by atoms with Crippen LogP contribution in [-0.2, 0) is 0 Å². The van der Waals surface area contributed by atoms with Gasteiger partial charge < -0.3 is 15.6 Å². The molecule has 13 heavy (non-hydrogen) atoms. The predicted octanol–water partition coefficient (Wildman–Crippen LogP) is 1.65. The highest BCUT2D eigenvalue weighted by Crippen LogP contribution is 2.26. The molecule has 3 N–H and O–H groups in total. The number of rotatable bonds is 2. The molecule has 1 aromatic heterocycles. The lowest BCUT2D eigenvalue weighted by Gasteiger charge is -2.05. The highest BCUT2D eigenvalue weighted by atomic mass is 14.9. The Morgan fingerprint density at radius 2 is 1.85 bits per heavy atom. The smallest absolute Gasteiger partial charge is 0.113 e. The van der Waals surface area contributed by atoms with E-state index in [9.17, 15) is 0 Å². The van der Waals surface area contributed by atoms with Gasteiger partial charge in [0.1, 0.15) is 5.52 Å². The molecule has 0 aliphatic heterocycles. The second-order valence-corrected chi connectivity index (χ2v) is 2.79. The molecule has 0 radical (unpaired) electrons. The molecule has 0 atom stereocenters. The van der Waals surface area contributed by atoms with Crippen molar-refractivity contribution in [2.45, 2.75) is 0 Å². The summed E-state index contributed by atoms with van der Waals surface area (Å²) in [4.78, 5) is 7.34. The number of benzene rings is 1. The zero-order valence-electron chi connectivity index (χ0n) is 7.68. The van der Waals surface area contributed by atoms with Gasteiger partial charge in [0.15, 0.2) is 0 Å². The van der Waals surface area contributed by atoms with E-state index in [-0.39, 0.29) is 0 Å². The number of aromatic amines is 1. The van der Waals surface area contributed by atoms with E-state index in [1.54, 1.807) is 6.33 Å². The van der Waals surface area contributed by atoms with Crippen LogP contribution >= 0.6 is 0 Å². The average Bonchev–Trinajstić information content (AvgIpc) is 2.64. The molecule has 0 aliphatic rings. The van der Waals surface area contributed by atoms with Crippen molar-refractivity contribution in [2.75, 3.05) is 24.7 Å². The maximum Gasteiger partial charge on any atom is 0.113 e. The fourth-order valence-corrected chi connectivity index (χ4v) is 1.44. The van der Waals surface area contributed by atoms with Crippen molar-refractivity contribution < 1.29 is 0 Å². The van der Waals surface area contributed by atoms with Crippen molar-refractivity contribution >= 4 is 22.4 Å². The number of nitrogens with zero attached hydrogens (tertiary/aromatic N) is 1. The van der Waals surface area contributed by atoms with Crippen LogP contribution in [0.3, 0.4) is 0 Å². The number of hydrogen-bond donors (Lipinski definition) is 3. The number of anilines is 2. The summed E-state index contributed by atoms with van der Waals surface area (Å²) in [6.45, 7) is 0. The molecule has 0 aliphatic carbocycles. The molecule has 2 aromatic rings. The van der Waals surface area contributed by atoms with Crippen LogP contribution in [0.15, 0.2) is 18.5 Å². The topological polar surface area (TPSA) is 52.7 Å². The number of aromatic nitrogens is 2. The molecule has 68 valence electrons. The Labute approximate surface area is 76.4 Å². The largest absolute Gasteiger partial charge is 0.386 e. The van der Waals surface area contributed by atoms with E-state index in [1.807, 2.05) is 26.2 Å². The Kier molecular flexibility index (Phi) is 1.81. The highest BCUT2D eigenvalue weighted by Gasteiger charge is 2.05. The average molecular weight is 176 g/mol. The van der Waals surface area contributed by atoms with Gasteiger partial charge in [0.2, 0.25) is 0 Å². The molecular formula is C9H12N4. The molecule has 4 heteroatoms. The van der Waals surface area contributed by atoms with Crippen LogP contribution in [0.25, 0.3) is 11.0 Å². The first-order valence-corrected chi connectivity index (χ1v) is 4.18. The summed E-state index contributed by atoms with van der Waals surface area (Å²) in [6.07, 6.45) is 1.70. The van der Waals surface area contributed by atoms with Gasteiger partial charge >= 0.3 is 0 Å². The zero-order valence-corrected chi connectivity index (χ0v) is 7.68. The van der Waals surface area contributed by atoms with Crippen LogP contribution in [0.4, 0.5) is 11.4 Å². The Morgan fingerprint density at radius 1 is 1.15 bits per heavy atom. The Balaban J connectivity index is 2.74. The lowest BCUT2D eigenvalue weighted by molar-refractivity contribution is 1.34. The van der Waals surface area contributed by atoms with Crippen LogP contribution in [0, 0.1) is 0 Å². The molecule has 0 unspecified atom stereocenters. The van der Waals surface area contributed by atoms with Crippen LogP contribution in [-0.4, -0.2) is 24.1 Å². The fraction of sp³-hybridized carbons (Fsp3) is 0.222. The molecule has 4 nitrogen and oxygen atoms in total. The molecular weight excluding hydrogens is 164 g/mol. The van der Waals surface area contributed by atoms with Gasteiger partial charge in [-0.15, -0.1) is 0 Å². The standard InChI is InChI=1S/C9H12N4/c1-10-6-3-4-7(11-2)9-8(6)12-5-13-9/h3-5,10-11H,1-2H3,(H,12,13). The monoisotopic (exact) mass is 176 g/mol. The number of nitrogens with one attached hydrogen (secondary N) is 3.